The fraction of sp³-hybridized carbons (Fsp3) is 0.250. The molecular weight excluding hydrogens is 406 g/mol. The van der Waals surface area contributed by atoms with Crippen LogP contribution in [-0.4, -0.2) is 30.6 Å². The second kappa shape index (κ2) is 7.79. The first-order chi connectivity index (χ1) is 14.4. The Bertz CT molecular complexity index is 1350. The minimum Gasteiger partial charge on any atom is -0.384 e. The van der Waals surface area contributed by atoms with Gasteiger partial charge in [-0.1, -0.05) is 30.0 Å². The molecule has 0 saturated heterocycles. The molecule has 0 aliphatic heterocycles. The van der Waals surface area contributed by atoms with Gasteiger partial charge < -0.3 is 5.73 Å². The molecular formula is C20H19N5O4S. The van der Waals surface area contributed by atoms with Crippen LogP contribution in [0.15, 0.2) is 56.5 Å². The van der Waals surface area contributed by atoms with Crippen LogP contribution in [0.2, 0.25) is 0 Å². The molecule has 2 aromatic heterocycles. The normalized spacial score (nSPS) is 13.5. The van der Waals surface area contributed by atoms with Crippen molar-refractivity contribution in [2.45, 2.75) is 30.6 Å². The highest BCUT2D eigenvalue weighted by Gasteiger charge is 2.30. The van der Waals surface area contributed by atoms with E-state index in [0.29, 0.717) is 16.1 Å². The predicted molar refractivity (Wildman–Crippen MR) is 115 cm³/mol. The first kappa shape index (κ1) is 19.9. The van der Waals surface area contributed by atoms with Gasteiger partial charge >= 0.3 is 5.69 Å². The molecule has 1 aliphatic rings. The molecule has 0 atom stereocenters. The summed E-state index contributed by atoms with van der Waals surface area (Å²) in [7, 11) is 0. The third kappa shape index (κ3) is 3.50. The minimum absolute atomic E-state index is 0.0894. The van der Waals surface area contributed by atoms with E-state index in [9.17, 15) is 19.2 Å². The Hall–Kier alpha value is -3.40. The first-order valence-corrected chi connectivity index (χ1v) is 10.3. The molecule has 154 valence electrons. The number of H-pyrrole nitrogens is 1. The van der Waals surface area contributed by atoms with Gasteiger partial charge in [-0.2, -0.15) is 0 Å². The summed E-state index contributed by atoms with van der Waals surface area (Å²) < 4.78 is 2.69. The summed E-state index contributed by atoms with van der Waals surface area (Å²) in [6, 6.07) is 6.84. The van der Waals surface area contributed by atoms with Gasteiger partial charge in [-0.25, -0.2) is 9.78 Å². The molecule has 9 nitrogen and oxygen atoms in total. The minimum atomic E-state index is -0.810. The van der Waals surface area contributed by atoms with Gasteiger partial charge in [0.05, 0.1) is 16.7 Å². The van der Waals surface area contributed by atoms with E-state index in [4.69, 9.17) is 5.73 Å². The maximum Gasteiger partial charge on any atom is 0.330 e. The van der Waals surface area contributed by atoms with Crippen LogP contribution in [0.4, 0.5) is 5.82 Å². The maximum atomic E-state index is 12.8. The molecule has 0 amide bonds. The molecule has 1 saturated carbocycles. The highest BCUT2D eigenvalue weighted by atomic mass is 32.2. The SMILES string of the molecule is C=CCn1c(SCC(=O)c2c(N)n(C3CC3)c(=O)[nH]c2=O)nc2ccccc2c1=O. The molecule has 1 aromatic carbocycles. The van der Waals surface area contributed by atoms with Crippen LogP contribution in [0.1, 0.15) is 29.2 Å². The number of carbonyl (C=O) groups excluding carboxylic acids is 1. The Kier molecular flexibility index (Phi) is 5.17. The van der Waals surface area contributed by atoms with Crippen LogP contribution in [0, 0.1) is 0 Å². The van der Waals surface area contributed by atoms with Crippen molar-refractivity contribution in [3.8, 4) is 0 Å². The monoisotopic (exact) mass is 425 g/mol. The molecule has 0 spiro atoms. The summed E-state index contributed by atoms with van der Waals surface area (Å²) in [5, 5.41) is 0.796. The Labute approximate surface area is 174 Å². The average molecular weight is 425 g/mol. The van der Waals surface area contributed by atoms with Gasteiger partial charge in [0.25, 0.3) is 11.1 Å². The fourth-order valence-electron chi connectivity index (χ4n) is 3.28. The van der Waals surface area contributed by atoms with Crippen LogP contribution in [-0.2, 0) is 6.54 Å². The van der Waals surface area contributed by atoms with Crippen molar-refractivity contribution < 1.29 is 4.79 Å². The largest absolute Gasteiger partial charge is 0.384 e. The Morgan fingerprint density at radius 1 is 1.30 bits per heavy atom. The number of rotatable bonds is 7. The maximum absolute atomic E-state index is 12.8. The van der Waals surface area contributed by atoms with Gasteiger partial charge in [-0.3, -0.25) is 28.5 Å². The number of benzene rings is 1. The number of nitrogens with zero attached hydrogens (tertiary/aromatic N) is 3. The number of hydrogen-bond acceptors (Lipinski definition) is 7. The lowest BCUT2D eigenvalue weighted by molar-refractivity contribution is 0.102. The second-order valence-corrected chi connectivity index (χ2v) is 7.89. The van der Waals surface area contributed by atoms with Gasteiger partial charge in [-0.05, 0) is 25.0 Å². The number of allylic oxidation sites excluding steroid dienone is 1. The number of aromatic nitrogens is 4. The van der Waals surface area contributed by atoms with Crippen LogP contribution in [0.25, 0.3) is 10.9 Å². The number of nitrogens with one attached hydrogen (secondary N) is 1. The number of Topliss-reactive ketones (excluding diaryl/α,β-unsaturated/α-hetero) is 1. The van der Waals surface area contributed by atoms with Crippen molar-refractivity contribution in [1.29, 1.82) is 0 Å². The highest BCUT2D eigenvalue weighted by molar-refractivity contribution is 7.99. The van der Waals surface area contributed by atoms with Gasteiger partial charge in [0, 0.05) is 12.6 Å². The van der Waals surface area contributed by atoms with Crippen molar-refractivity contribution >= 4 is 34.3 Å². The molecule has 0 unspecified atom stereocenters. The van der Waals surface area contributed by atoms with Crippen molar-refractivity contribution in [1.82, 2.24) is 19.1 Å². The zero-order valence-corrected chi connectivity index (χ0v) is 16.8. The number of fused-ring (bicyclic) bond motifs is 1. The molecule has 1 fully saturated rings. The second-order valence-electron chi connectivity index (χ2n) is 6.95. The number of carbonyl (C=O) groups is 1. The fourth-order valence-corrected chi connectivity index (χ4v) is 4.16. The van der Waals surface area contributed by atoms with E-state index in [1.54, 1.807) is 30.3 Å². The highest BCUT2D eigenvalue weighted by Crippen LogP contribution is 2.35. The molecule has 2 heterocycles. The smallest absolute Gasteiger partial charge is 0.330 e. The van der Waals surface area contributed by atoms with E-state index in [1.807, 2.05) is 0 Å². The summed E-state index contributed by atoms with van der Waals surface area (Å²) in [6.45, 7) is 3.89. The molecule has 3 aromatic rings. The number of para-hydroxylation sites is 1. The lowest BCUT2D eigenvalue weighted by atomic mass is 10.2. The standard InChI is InChI=1S/C20H19N5O4S/c1-2-9-24-18(28)12-5-3-4-6-13(12)22-20(24)30-10-14(26)15-16(21)25(11-7-8-11)19(29)23-17(15)27/h2-6,11H,1,7-10,21H2,(H,23,27,29). The van der Waals surface area contributed by atoms with E-state index >= 15 is 0 Å². The summed E-state index contributed by atoms with van der Waals surface area (Å²) in [5.74, 6) is -0.828. The lowest BCUT2D eigenvalue weighted by Gasteiger charge is -2.12. The number of nitrogens with two attached hydrogens (primary N) is 1. The number of thioether (sulfide) groups is 1. The van der Waals surface area contributed by atoms with E-state index in [0.717, 1.165) is 24.6 Å². The Morgan fingerprint density at radius 2 is 2.03 bits per heavy atom. The zero-order chi connectivity index (χ0) is 21.4. The molecule has 3 N–H and O–H groups in total. The number of aromatic amines is 1. The Morgan fingerprint density at radius 3 is 2.73 bits per heavy atom. The number of nitrogen functional groups attached to an aromatic ring is 1. The van der Waals surface area contributed by atoms with Gasteiger partial charge in [0.2, 0.25) is 0 Å². The van der Waals surface area contributed by atoms with Crippen molar-refractivity contribution in [3.05, 3.63) is 73.7 Å². The van der Waals surface area contributed by atoms with Crippen molar-refractivity contribution in [2.24, 2.45) is 0 Å². The summed E-state index contributed by atoms with van der Waals surface area (Å²) in [5.41, 5.74) is 4.61. The average Bonchev–Trinajstić information content (AvgIpc) is 3.53. The lowest BCUT2D eigenvalue weighted by Crippen LogP contribution is -2.36. The van der Waals surface area contributed by atoms with Crippen LogP contribution in [0.3, 0.4) is 0 Å². The van der Waals surface area contributed by atoms with E-state index in [-0.39, 0.29) is 35.3 Å². The van der Waals surface area contributed by atoms with Crippen molar-refractivity contribution in [3.63, 3.8) is 0 Å². The quantitative estimate of drug-likeness (QED) is 0.252. The third-order valence-electron chi connectivity index (χ3n) is 4.84. The predicted octanol–water partition coefficient (Wildman–Crippen LogP) is 1.32. The van der Waals surface area contributed by atoms with Gasteiger partial charge in [-0.15, -0.1) is 6.58 Å². The summed E-state index contributed by atoms with van der Waals surface area (Å²) >= 11 is 1.03. The molecule has 10 heteroatoms. The van der Waals surface area contributed by atoms with Crippen LogP contribution in [0.5, 0.6) is 0 Å². The van der Waals surface area contributed by atoms with Gasteiger partial charge in [0.15, 0.2) is 10.9 Å². The van der Waals surface area contributed by atoms with Crippen LogP contribution >= 0.6 is 11.8 Å². The Balaban J connectivity index is 1.69. The summed E-state index contributed by atoms with van der Waals surface area (Å²) in [6.07, 6.45) is 3.11. The first-order valence-electron chi connectivity index (χ1n) is 9.33. The zero-order valence-electron chi connectivity index (χ0n) is 16.0. The van der Waals surface area contributed by atoms with E-state index < -0.39 is 17.0 Å². The number of ketones is 1. The van der Waals surface area contributed by atoms with Gasteiger partial charge in [0.1, 0.15) is 11.4 Å². The topological polar surface area (TPSA) is 133 Å². The van der Waals surface area contributed by atoms with Crippen molar-refractivity contribution in [2.75, 3.05) is 11.5 Å². The van der Waals surface area contributed by atoms with Crippen LogP contribution < -0.4 is 22.5 Å². The molecule has 30 heavy (non-hydrogen) atoms. The number of hydrogen-bond donors (Lipinski definition) is 2. The number of anilines is 1. The summed E-state index contributed by atoms with van der Waals surface area (Å²) in [4.78, 5) is 56.5. The molecule has 0 bridgehead atoms. The van der Waals surface area contributed by atoms with E-state index in [1.165, 1.54) is 9.13 Å². The molecule has 1 aliphatic carbocycles. The molecule has 4 rings (SSSR count). The van der Waals surface area contributed by atoms with E-state index in [2.05, 4.69) is 16.5 Å². The third-order valence-corrected chi connectivity index (χ3v) is 5.82. The molecule has 0 radical (unpaired) electrons.